The topological polar surface area (TPSA) is 47.0 Å². The van der Waals surface area contributed by atoms with Crippen LogP contribution in [0.4, 0.5) is 0 Å². The van der Waals surface area contributed by atoms with Crippen molar-refractivity contribution in [2.24, 2.45) is 11.3 Å². The fourth-order valence-electron chi connectivity index (χ4n) is 5.04. The summed E-state index contributed by atoms with van der Waals surface area (Å²) in [5.41, 5.74) is 1.05. The van der Waals surface area contributed by atoms with Gasteiger partial charge < -0.3 is 9.72 Å². The van der Waals surface area contributed by atoms with Gasteiger partial charge in [-0.1, -0.05) is 18.6 Å². The van der Waals surface area contributed by atoms with E-state index in [1.165, 1.54) is 6.42 Å². The van der Waals surface area contributed by atoms with E-state index in [-0.39, 0.29) is 17.0 Å². The molecular formula is C17H18N2O2S. The van der Waals surface area contributed by atoms with Crippen molar-refractivity contribution in [3.8, 4) is 0 Å². The van der Waals surface area contributed by atoms with Gasteiger partial charge in [0.25, 0.3) is 5.56 Å². The van der Waals surface area contributed by atoms with Crippen LogP contribution in [0.15, 0.2) is 29.1 Å². The Hall–Kier alpha value is -1.46. The quantitative estimate of drug-likeness (QED) is 0.822. The minimum atomic E-state index is 0.0565. The average Bonchev–Trinajstić information content (AvgIpc) is 2.86. The number of nitrogens with zero attached hydrogens (tertiary/aromatic N) is 1. The molecule has 0 unspecified atom stereocenters. The Labute approximate surface area is 133 Å². The van der Waals surface area contributed by atoms with Crippen LogP contribution in [0.1, 0.15) is 31.7 Å². The van der Waals surface area contributed by atoms with Crippen molar-refractivity contribution in [2.45, 2.75) is 37.8 Å². The molecule has 114 valence electrons. The molecule has 1 aromatic heterocycles. The van der Waals surface area contributed by atoms with Crippen molar-refractivity contribution in [2.75, 3.05) is 6.61 Å². The third kappa shape index (κ3) is 1.41. The van der Waals surface area contributed by atoms with E-state index in [1.54, 1.807) is 0 Å². The molecule has 2 heterocycles. The highest BCUT2D eigenvalue weighted by atomic mass is 32.1. The summed E-state index contributed by atoms with van der Waals surface area (Å²) in [5.74, 6) is 0.453. The maximum atomic E-state index is 13.0. The van der Waals surface area contributed by atoms with Gasteiger partial charge in [0, 0.05) is 17.9 Å². The number of aromatic amines is 1. The van der Waals surface area contributed by atoms with E-state index in [4.69, 9.17) is 17.0 Å². The predicted octanol–water partition coefficient (Wildman–Crippen LogP) is 3.19. The van der Waals surface area contributed by atoms with Gasteiger partial charge in [-0.15, -0.1) is 0 Å². The highest BCUT2D eigenvalue weighted by Gasteiger charge is 2.67. The number of ether oxygens (including phenoxy) is 1. The molecular weight excluding hydrogens is 296 g/mol. The molecule has 2 saturated carbocycles. The van der Waals surface area contributed by atoms with Crippen molar-refractivity contribution >= 4 is 23.1 Å². The maximum Gasteiger partial charge on any atom is 0.262 e. The van der Waals surface area contributed by atoms with Crippen LogP contribution in [-0.2, 0) is 4.74 Å². The van der Waals surface area contributed by atoms with E-state index in [0.29, 0.717) is 16.8 Å². The summed E-state index contributed by atoms with van der Waals surface area (Å²) in [7, 11) is 0. The van der Waals surface area contributed by atoms with E-state index in [0.717, 1.165) is 36.8 Å². The van der Waals surface area contributed by atoms with E-state index in [2.05, 4.69) is 4.98 Å². The second kappa shape index (κ2) is 4.30. The zero-order valence-corrected chi connectivity index (χ0v) is 13.1. The van der Waals surface area contributed by atoms with E-state index in [9.17, 15) is 4.79 Å². The normalized spacial score (nSPS) is 31.7. The third-order valence-electron chi connectivity index (χ3n) is 6.10. The van der Waals surface area contributed by atoms with Crippen molar-refractivity contribution in [3.05, 3.63) is 39.4 Å². The first-order valence-electron chi connectivity index (χ1n) is 8.07. The lowest BCUT2D eigenvalue weighted by Crippen LogP contribution is -2.64. The second-order valence-corrected chi connectivity index (χ2v) is 7.31. The smallest absolute Gasteiger partial charge is 0.262 e. The predicted molar refractivity (Wildman–Crippen MR) is 86.6 cm³/mol. The molecule has 3 fully saturated rings. The zero-order valence-electron chi connectivity index (χ0n) is 12.2. The third-order valence-corrected chi connectivity index (χ3v) is 6.40. The lowest BCUT2D eigenvalue weighted by atomic mass is 9.46. The monoisotopic (exact) mass is 314 g/mol. The van der Waals surface area contributed by atoms with Gasteiger partial charge in [-0.3, -0.25) is 9.36 Å². The summed E-state index contributed by atoms with van der Waals surface area (Å²) >= 11 is 5.54. The van der Waals surface area contributed by atoms with E-state index < -0.39 is 0 Å². The highest BCUT2D eigenvalue weighted by Crippen LogP contribution is 2.68. The molecule has 1 saturated heterocycles. The van der Waals surface area contributed by atoms with Crippen molar-refractivity contribution in [3.63, 3.8) is 0 Å². The number of benzene rings is 1. The summed E-state index contributed by atoms with van der Waals surface area (Å²) in [6.45, 7) is 0.826. The van der Waals surface area contributed by atoms with Gasteiger partial charge in [0.1, 0.15) is 0 Å². The van der Waals surface area contributed by atoms with Crippen LogP contribution >= 0.6 is 12.2 Å². The first-order valence-corrected chi connectivity index (χ1v) is 8.48. The minimum absolute atomic E-state index is 0.0565. The van der Waals surface area contributed by atoms with Crippen LogP contribution in [0.3, 0.4) is 0 Å². The van der Waals surface area contributed by atoms with Gasteiger partial charge in [-0.25, -0.2) is 0 Å². The summed E-state index contributed by atoms with van der Waals surface area (Å²) in [4.78, 5) is 16.3. The van der Waals surface area contributed by atoms with Crippen LogP contribution in [-0.4, -0.2) is 22.3 Å². The molecule has 1 aromatic carbocycles. The molecule has 3 aliphatic rings. The van der Waals surface area contributed by atoms with Crippen LogP contribution in [0, 0.1) is 16.1 Å². The van der Waals surface area contributed by atoms with Gasteiger partial charge in [-0.2, -0.15) is 0 Å². The highest BCUT2D eigenvalue weighted by molar-refractivity contribution is 7.71. The SMILES string of the molecule is O=c1c2ccccc2[nH]c(=S)n1[C@@H]1[C@H]2CCO[C@@H]2C12CCC2. The van der Waals surface area contributed by atoms with Crippen LogP contribution < -0.4 is 5.56 Å². The molecule has 1 N–H and O–H groups in total. The van der Waals surface area contributed by atoms with Gasteiger partial charge in [0.2, 0.25) is 0 Å². The van der Waals surface area contributed by atoms with Gasteiger partial charge >= 0.3 is 0 Å². The van der Waals surface area contributed by atoms with Gasteiger partial charge in [0.05, 0.1) is 23.0 Å². The van der Waals surface area contributed by atoms with E-state index in [1.807, 2.05) is 28.8 Å². The molecule has 3 atom stereocenters. The average molecular weight is 314 g/mol. The molecule has 2 aromatic rings. The molecule has 5 rings (SSSR count). The number of nitrogens with one attached hydrogen (secondary N) is 1. The fraction of sp³-hybridized carbons (Fsp3) is 0.529. The lowest BCUT2D eigenvalue weighted by molar-refractivity contribution is -0.193. The Morgan fingerprint density at radius 2 is 2.14 bits per heavy atom. The zero-order chi connectivity index (χ0) is 14.9. The lowest BCUT2D eigenvalue weighted by Gasteiger charge is -2.63. The molecule has 0 radical (unpaired) electrons. The van der Waals surface area contributed by atoms with Crippen molar-refractivity contribution < 1.29 is 4.74 Å². The Kier molecular flexibility index (Phi) is 2.54. The minimum Gasteiger partial charge on any atom is -0.377 e. The first-order chi connectivity index (χ1) is 10.7. The number of para-hydroxylation sites is 1. The Balaban J connectivity index is 1.74. The molecule has 2 aliphatic carbocycles. The van der Waals surface area contributed by atoms with Gasteiger partial charge in [-0.05, 0) is 43.6 Å². The Bertz CT molecular complexity index is 880. The second-order valence-electron chi connectivity index (χ2n) is 6.93. The number of hydrogen-bond acceptors (Lipinski definition) is 3. The van der Waals surface area contributed by atoms with Gasteiger partial charge in [0.15, 0.2) is 4.77 Å². The number of fused-ring (bicyclic) bond motifs is 3. The molecule has 4 nitrogen and oxygen atoms in total. The standard InChI is InChI=1S/C17H18N2O2S/c20-15-10-4-1-2-5-12(10)18-16(22)19(15)13-11-6-9-21-14(11)17(13)7-3-8-17/h1-2,4-5,11,13-14H,3,6-9H2,(H,18,22)/t11-,13-,14+/m1/s1. The maximum absolute atomic E-state index is 13.0. The largest absolute Gasteiger partial charge is 0.377 e. The fourth-order valence-corrected chi connectivity index (χ4v) is 5.35. The molecule has 0 amide bonds. The van der Waals surface area contributed by atoms with Crippen LogP contribution in [0.5, 0.6) is 0 Å². The Morgan fingerprint density at radius 1 is 1.32 bits per heavy atom. The number of rotatable bonds is 1. The summed E-state index contributed by atoms with van der Waals surface area (Å²) < 4.78 is 8.40. The first kappa shape index (κ1) is 13.0. The van der Waals surface area contributed by atoms with Crippen molar-refractivity contribution in [1.82, 2.24) is 9.55 Å². The summed E-state index contributed by atoms with van der Waals surface area (Å²) in [5, 5.41) is 0.730. The number of hydrogen-bond donors (Lipinski definition) is 1. The molecule has 0 bridgehead atoms. The molecule has 22 heavy (non-hydrogen) atoms. The summed E-state index contributed by atoms with van der Waals surface area (Å²) in [6, 6.07) is 7.85. The molecule has 1 spiro atoms. The van der Waals surface area contributed by atoms with Crippen LogP contribution in [0.25, 0.3) is 10.9 Å². The van der Waals surface area contributed by atoms with E-state index >= 15 is 0 Å². The number of aromatic nitrogens is 2. The summed E-state index contributed by atoms with van der Waals surface area (Å²) in [6.07, 6.45) is 4.95. The molecule has 5 heteroatoms. The van der Waals surface area contributed by atoms with Crippen LogP contribution in [0.2, 0.25) is 0 Å². The number of H-pyrrole nitrogens is 1. The molecule has 1 aliphatic heterocycles. The Morgan fingerprint density at radius 3 is 2.91 bits per heavy atom. The van der Waals surface area contributed by atoms with Crippen molar-refractivity contribution in [1.29, 1.82) is 0 Å².